The summed E-state index contributed by atoms with van der Waals surface area (Å²) in [6.45, 7) is 2.25. The SMILES string of the molecule is O=C(NCC1CN(c2cc3c(nn2)CCC3)C1)c1ccc[nH]c1=O. The molecule has 7 heteroatoms. The normalized spacial score (nSPS) is 16.6. The van der Waals surface area contributed by atoms with Gasteiger partial charge in [-0.25, -0.2) is 0 Å². The molecule has 0 unspecified atom stereocenters. The van der Waals surface area contributed by atoms with Crippen molar-refractivity contribution in [3.05, 3.63) is 51.6 Å². The van der Waals surface area contributed by atoms with E-state index in [9.17, 15) is 9.59 Å². The number of amides is 1. The van der Waals surface area contributed by atoms with Crippen molar-refractivity contribution < 1.29 is 4.79 Å². The maximum atomic E-state index is 12.0. The number of fused-ring (bicyclic) bond motifs is 1. The van der Waals surface area contributed by atoms with Gasteiger partial charge in [0.2, 0.25) is 0 Å². The van der Waals surface area contributed by atoms with E-state index in [1.807, 2.05) is 0 Å². The Hall–Kier alpha value is -2.70. The number of aromatic amines is 1. The van der Waals surface area contributed by atoms with E-state index < -0.39 is 0 Å². The van der Waals surface area contributed by atoms with Crippen LogP contribution in [0.4, 0.5) is 5.82 Å². The van der Waals surface area contributed by atoms with Crippen LogP contribution >= 0.6 is 0 Å². The molecule has 0 saturated carbocycles. The maximum absolute atomic E-state index is 12.0. The molecule has 2 aliphatic rings. The van der Waals surface area contributed by atoms with Gasteiger partial charge in [0.05, 0.1) is 5.69 Å². The predicted molar refractivity (Wildman–Crippen MR) is 89.2 cm³/mol. The maximum Gasteiger partial charge on any atom is 0.260 e. The zero-order valence-corrected chi connectivity index (χ0v) is 13.3. The number of carbonyl (C=O) groups excluding carboxylic acids is 1. The van der Waals surface area contributed by atoms with Gasteiger partial charge in [0.1, 0.15) is 5.56 Å². The van der Waals surface area contributed by atoms with Crippen LogP contribution in [-0.2, 0) is 12.8 Å². The highest BCUT2D eigenvalue weighted by Gasteiger charge is 2.29. The standard InChI is InChI=1S/C17H19N5O2/c23-16-13(4-2-6-18-16)17(24)19-8-11-9-22(10-11)15-7-12-3-1-5-14(12)20-21-15/h2,4,6-7,11H,1,3,5,8-10H2,(H,18,23)(H,19,24). The molecule has 1 saturated heterocycles. The number of aryl methyl sites for hydroxylation is 2. The monoisotopic (exact) mass is 325 g/mol. The van der Waals surface area contributed by atoms with Crippen LogP contribution < -0.4 is 15.8 Å². The second-order valence-electron chi connectivity index (χ2n) is 6.42. The zero-order valence-electron chi connectivity index (χ0n) is 13.3. The second-order valence-corrected chi connectivity index (χ2v) is 6.42. The van der Waals surface area contributed by atoms with Gasteiger partial charge in [-0.3, -0.25) is 9.59 Å². The summed E-state index contributed by atoms with van der Waals surface area (Å²) in [5.74, 6) is 0.970. The van der Waals surface area contributed by atoms with Crippen molar-refractivity contribution in [2.45, 2.75) is 19.3 Å². The van der Waals surface area contributed by atoms with Crippen LogP contribution in [0.25, 0.3) is 0 Å². The number of hydrogen-bond donors (Lipinski definition) is 2. The van der Waals surface area contributed by atoms with Crippen molar-refractivity contribution in [1.82, 2.24) is 20.5 Å². The Morgan fingerprint density at radius 3 is 3.04 bits per heavy atom. The van der Waals surface area contributed by atoms with Gasteiger partial charge in [-0.15, -0.1) is 5.10 Å². The highest BCUT2D eigenvalue weighted by Crippen LogP contribution is 2.26. The number of hydrogen-bond acceptors (Lipinski definition) is 5. The van der Waals surface area contributed by atoms with Crippen LogP contribution in [0.1, 0.15) is 28.0 Å². The van der Waals surface area contributed by atoms with Gasteiger partial charge in [-0.2, -0.15) is 5.10 Å². The number of anilines is 1. The van der Waals surface area contributed by atoms with E-state index in [1.165, 1.54) is 24.2 Å². The third-order valence-electron chi connectivity index (χ3n) is 4.70. The summed E-state index contributed by atoms with van der Waals surface area (Å²) in [6.07, 6.45) is 4.81. The number of rotatable bonds is 4. The fraction of sp³-hybridized carbons (Fsp3) is 0.412. The summed E-state index contributed by atoms with van der Waals surface area (Å²) in [5, 5.41) is 11.4. The van der Waals surface area contributed by atoms with Crippen molar-refractivity contribution in [3.63, 3.8) is 0 Å². The smallest absolute Gasteiger partial charge is 0.260 e. The number of nitrogens with one attached hydrogen (secondary N) is 2. The molecule has 3 heterocycles. The number of pyridine rings is 1. The van der Waals surface area contributed by atoms with Gasteiger partial charge < -0.3 is 15.2 Å². The van der Waals surface area contributed by atoms with Crippen molar-refractivity contribution >= 4 is 11.7 Å². The number of nitrogens with zero attached hydrogens (tertiary/aromatic N) is 3. The van der Waals surface area contributed by atoms with Gasteiger partial charge in [0.15, 0.2) is 5.82 Å². The van der Waals surface area contributed by atoms with Gasteiger partial charge in [0, 0.05) is 31.7 Å². The molecule has 2 aromatic heterocycles. The fourth-order valence-electron chi connectivity index (χ4n) is 3.29. The molecule has 24 heavy (non-hydrogen) atoms. The van der Waals surface area contributed by atoms with E-state index in [0.717, 1.165) is 37.4 Å². The lowest BCUT2D eigenvalue weighted by Crippen LogP contribution is -2.52. The summed E-state index contributed by atoms with van der Waals surface area (Å²) in [7, 11) is 0. The van der Waals surface area contributed by atoms with Crippen LogP contribution in [0.2, 0.25) is 0 Å². The average molecular weight is 325 g/mol. The van der Waals surface area contributed by atoms with E-state index in [0.29, 0.717) is 12.5 Å². The predicted octanol–water partition coefficient (Wildman–Crippen LogP) is 0.520. The zero-order chi connectivity index (χ0) is 16.5. The molecule has 0 spiro atoms. The molecule has 2 aromatic rings. The van der Waals surface area contributed by atoms with Crippen LogP contribution in [0.3, 0.4) is 0 Å². The minimum Gasteiger partial charge on any atom is -0.354 e. The highest BCUT2D eigenvalue weighted by molar-refractivity contribution is 5.93. The van der Waals surface area contributed by atoms with Crippen LogP contribution in [0, 0.1) is 5.92 Å². The Labute approximate surface area is 139 Å². The molecule has 0 aromatic carbocycles. The highest BCUT2D eigenvalue weighted by atomic mass is 16.2. The molecular weight excluding hydrogens is 306 g/mol. The molecule has 124 valence electrons. The first kappa shape index (κ1) is 14.9. The molecule has 7 nitrogen and oxygen atoms in total. The largest absolute Gasteiger partial charge is 0.354 e. The van der Waals surface area contributed by atoms with Crippen LogP contribution in [0.15, 0.2) is 29.2 Å². The molecule has 0 radical (unpaired) electrons. The molecule has 1 fully saturated rings. The Kier molecular flexibility index (Phi) is 3.76. The summed E-state index contributed by atoms with van der Waals surface area (Å²) >= 11 is 0. The average Bonchev–Trinajstić information content (AvgIpc) is 3.01. The first-order valence-corrected chi connectivity index (χ1v) is 8.27. The molecular formula is C17H19N5O2. The lowest BCUT2D eigenvalue weighted by atomic mass is 10.00. The first-order valence-electron chi connectivity index (χ1n) is 8.27. The van der Waals surface area contributed by atoms with Crippen molar-refractivity contribution in [3.8, 4) is 0 Å². The van der Waals surface area contributed by atoms with Gasteiger partial charge in [-0.05, 0) is 43.0 Å². The summed E-state index contributed by atoms with van der Waals surface area (Å²) in [4.78, 5) is 28.3. The van der Waals surface area contributed by atoms with Gasteiger partial charge >= 0.3 is 0 Å². The van der Waals surface area contributed by atoms with Crippen molar-refractivity contribution in [2.75, 3.05) is 24.5 Å². The van der Waals surface area contributed by atoms with E-state index in [1.54, 1.807) is 6.07 Å². The molecule has 1 amide bonds. The summed E-state index contributed by atoms with van der Waals surface area (Å²) in [6, 6.07) is 5.32. The van der Waals surface area contributed by atoms with E-state index in [4.69, 9.17) is 0 Å². The minimum absolute atomic E-state index is 0.151. The fourth-order valence-corrected chi connectivity index (χ4v) is 3.29. The van der Waals surface area contributed by atoms with Gasteiger partial charge in [0.25, 0.3) is 11.5 Å². The third kappa shape index (κ3) is 2.77. The Morgan fingerprint density at radius 2 is 2.21 bits per heavy atom. The van der Waals surface area contributed by atoms with Crippen molar-refractivity contribution in [1.29, 1.82) is 0 Å². The molecule has 1 aliphatic carbocycles. The summed E-state index contributed by atoms with van der Waals surface area (Å²) in [5.41, 5.74) is 2.24. The molecule has 4 rings (SSSR count). The van der Waals surface area contributed by atoms with E-state index in [-0.39, 0.29) is 17.0 Å². The molecule has 2 N–H and O–H groups in total. The molecule has 1 aliphatic heterocycles. The Balaban J connectivity index is 1.30. The van der Waals surface area contributed by atoms with Crippen LogP contribution in [0.5, 0.6) is 0 Å². The topological polar surface area (TPSA) is 91.0 Å². The minimum atomic E-state index is -0.362. The summed E-state index contributed by atoms with van der Waals surface area (Å²) < 4.78 is 0. The lowest BCUT2D eigenvalue weighted by Gasteiger charge is -2.40. The number of aromatic nitrogens is 3. The lowest BCUT2D eigenvalue weighted by molar-refractivity contribution is 0.0943. The van der Waals surface area contributed by atoms with Crippen LogP contribution in [-0.4, -0.2) is 40.7 Å². The number of carbonyl (C=O) groups is 1. The third-order valence-corrected chi connectivity index (χ3v) is 4.70. The first-order chi connectivity index (χ1) is 11.7. The molecule has 0 bridgehead atoms. The Morgan fingerprint density at radius 1 is 1.33 bits per heavy atom. The Bertz CT molecular complexity index is 826. The second kappa shape index (κ2) is 6.07. The molecule has 0 atom stereocenters. The van der Waals surface area contributed by atoms with E-state index >= 15 is 0 Å². The van der Waals surface area contributed by atoms with Gasteiger partial charge in [-0.1, -0.05) is 0 Å². The van der Waals surface area contributed by atoms with E-state index in [2.05, 4.69) is 31.5 Å². The van der Waals surface area contributed by atoms with Crippen molar-refractivity contribution in [2.24, 2.45) is 5.92 Å². The quantitative estimate of drug-likeness (QED) is 0.855. The number of H-pyrrole nitrogens is 1.